The van der Waals surface area contributed by atoms with E-state index >= 15 is 0 Å². The van der Waals surface area contributed by atoms with Crippen LogP contribution < -0.4 is 11.1 Å². The molecule has 0 bridgehead atoms. The first-order valence-electron chi connectivity index (χ1n) is 6.77. The predicted octanol–water partition coefficient (Wildman–Crippen LogP) is 1.65. The summed E-state index contributed by atoms with van der Waals surface area (Å²) in [5.41, 5.74) is 7.23. The molecule has 3 heteroatoms. The summed E-state index contributed by atoms with van der Waals surface area (Å²) in [7, 11) is 0. The lowest BCUT2D eigenvalue weighted by Gasteiger charge is -2.13. The van der Waals surface area contributed by atoms with Crippen LogP contribution in [0.15, 0.2) is 30.3 Å². The Morgan fingerprint density at radius 3 is 2.67 bits per heavy atom. The van der Waals surface area contributed by atoms with Crippen LogP contribution in [-0.2, 0) is 4.79 Å². The van der Waals surface area contributed by atoms with Crippen molar-refractivity contribution in [2.75, 3.05) is 13.1 Å². The van der Waals surface area contributed by atoms with Crippen LogP contribution in [-0.4, -0.2) is 19.0 Å². The van der Waals surface area contributed by atoms with Gasteiger partial charge in [-0.2, -0.15) is 0 Å². The first kappa shape index (κ1) is 11.7. The van der Waals surface area contributed by atoms with Gasteiger partial charge in [0.15, 0.2) is 0 Å². The quantitative estimate of drug-likeness (QED) is 0.827. The second kappa shape index (κ2) is 4.39. The van der Waals surface area contributed by atoms with Gasteiger partial charge in [0, 0.05) is 12.5 Å². The Bertz CT molecular complexity index is 439. The lowest BCUT2D eigenvalue weighted by Crippen LogP contribution is -2.34. The van der Waals surface area contributed by atoms with Crippen LogP contribution in [0.3, 0.4) is 0 Å². The average molecular weight is 244 g/mol. The summed E-state index contributed by atoms with van der Waals surface area (Å²) >= 11 is 0. The van der Waals surface area contributed by atoms with E-state index in [2.05, 4.69) is 17.4 Å². The molecule has 1 aromatic carbocycles. The van der Waals surface area contributed by atoms with Crippen molar-refractivity contribution in [3.8, 4) is 0 Å². The molecule has 2 fully saturated rings. The Labute approximate surface area is 108 Å². The number of amides is 1. The number of hydrogen-bond donors (Lipinski definition) is 2. The molecule has 3 rings (SSSR count). The van der Waals surface area contributed by atoms with Crippen molar-refractivity contribution in [3.05, 3.63) is 35.9 Å². The monoisotopic (exact) mass is 244 g/mol. The third-order valence-corrected chi connectivity index (χ3v) is 4.38. The van der Waals surface area contributed by atoms with Crippen LogP contribution in [0, 0.1) is 11.3 Å². The van der Waals surface area contributed by atoms with Crippen molar-refractivity contribution < 1.29 is 4.79 Å². The maximum Gasteiger partial charge on any atom is 0.223 e. The van der Waals surface area contributed by atoms with E-state index in [0.29, 0.717) is 12.5 Å². The minimum absolute atomic E-state index is 0.181. The van der Waals surface area contributed by atoms with Gasteiger partial charge < -0.3 is 11.1 Å². The van der Waals surface area contributed by atoms with E-state index in [1.54, 1.807) is 0 Å². The van der Waals surface area contributed by atoms with Crippen LogP contribution in [0.25, 0.3) is 0 Å². The standard InChI is InChI=1S/C15H20N2O/c16-9-15(6-7-15)10-17-14(18)13-8-12(13)11-4-2-1-3-5-11/h1-5,12-13H,6-10,16H2,(H,17,18). The minimum Gasteiger partial charge on any atom is -0.355 e. The molecule has 2 unspecified atom stereocenters. The van der Waals surface area contributed by atoms with Crippen molar-refractivity contribution in [1.29, 1.82) is 0 Å². The molecule has 18 heavy (non-hydrogen) atoms. The van der Waals surface area contributed by atoms with Crippen molar-refractivity contribution in [2.45, 2.75) is 25.2 Å². The Morgan fingerprint density at radius 2 is 2.06 bits per heavy atom. The summed E-state index contributed by atoms with van der Waals surface area (Å²) in [6, 6.07) is 10.3. The van der Waals surface area contributed by atoms with Crippen LogP contribution in [0.2, 0.25) is 0 Å². The Balaban J connectivity index is 1.51. The zero-order valence-corrected chi connectivity index (χ0v) is 10.6. The SMILES string of the molecule is NCC1(CNC(=O)C2CC2c2ccccc2)CC1. The third-order valence-electron chi connectivity index (χ3n) is 4.38. The number of carbonyl (C=O) groups excluding carboxylic acids is 1. The molecule has 0 radical (unpaired) electrons. The minimum atomic E-state index is 0.181. The summed E-state index contributed by atoms with van der Waals surface area (Å²) in [4.78, 5) is 12.0. The van der Waals surface area contributed by atoms with E-state index < -0.39 is 0 Å². The van der Waals surface area contributed by atoms with Crippen LogP contribution in [0.4, 0.5) is 0 Å². The number of nitrogens with one attached hydrogen (secondary N) is 1. The number of hydrogen-bond acceptors (Lipinski definition) is 2. The lowest BCUT2D eigenvalue weighted by atomic mass is 10.1. The number of rotatable bonds is 5. The van der Waals surface area contributed by atoms with Crippen molar-refractivity contribution in [2.24, 2.45) is 17.1 Å². The largest absolute Gasteiger partial charge is 0.355 e. The summed E-state index contributed by atoms with van der Waals surface area (Å²) in [5, 5.41) is 3.08. The topological polar surface area (TPSA) is 55.1 Å². The van der Waals surface area contributed by atoms with Crippen molar-refractivity contribution >= 4 is 5.91 Å². The van der Waals surface area contributed by atoms with E-state index in [-0.39, 0.29) is 17.2 Å². The lowest BCUT2D eigenvalue weighted by molar-refractivity contribution is -0.122. The number of benzene rings is 1. The van der Waals surface area contributed by atoms with Gasteiger partial charge in [-0.15, -0.1) is 0 Å². The molecule has 2 aliphatic rings. The molecular weight excluding hydrogens is 224 g/mol. The van der Waals surface area contributed by atoms with Gasteiger partial charge in [-0.05, 0) is 42.7 Å². The summed E-state index contributed by atoms with van der Waals surface area (Å²) < 4.78 is 0. The molecule has 0 spiro atoms. The van der Waals surface area contributed by atoms with E-state index in [4.69, 9.17) is 5.73 Å². The van der Waals surface area contributed by atoms with Gasteiger partial charge in [0.1, 0.15) is 0 Å². The highest BCUT2D eigenvalue weighted by Gasteiger charge is 2.46. The zero-order chi connectivity index (χ0) is 12.6. The zero-order valence-electron chi connectivity index (χ0n) is 10.6. The maximum absolute atomic E-state index is 12.0. The summed E-state index contributed by atoms with van der Waals surface area (Å²) in [6.45, 7) is 1.46. The average Bonchev–Trinajstić information content (AvgIpc) is 3.31. The van der Waals surface area contributed by atoms with Gasteiger partial charge >= 0.3 is 0 Å². The molecule has 0 aromatic heterocycles. The summed E-state index contributed by atoms with van der Waals surface area (Å²) in [6.07, 6.45) is 3.32. The van der Waals surface area contributed by atoms with Gasteiger partial charge in [0.05, 0.1) is 0 Å². The Morgan fingerprint density at radius 1 is 1.33 bits per heavy atom. The number of nitrogens with two attached hydrogens (primary N) is 1. The van der Waals surface area contributed by atoms with Gasteiger partial charge in [0.25, 0.3) is 0 Å². The van der Waals surface area contributed by atoms with Gasteiger partial charge in [-0.1, -0.05) is 30.3 Å². The Hall–Kier alpha value is -1.35. The first-order chi connectivity index (χ1) is 8.74. The molecule has 1 amide bonds. The van der Waals surface area contributed by atoms with Crippen LogP contribution >= 0.6 is 0 Å². The molecule has 2 aliphatic carbocycles. The normalized spacial score (nSPS) is 27.6. The van der Waals surface area contributed by atoms with Crippen LogP contribution in [0.1, 0.15) is 30.7 Å². The second-order valence-corrected chi connectivity index (χ2v) is 5.78. The fraction of sp³-hybridized carbons (Fsp3) is 0.533. The maximum atomic E-state index is 12.0. The number of carbonyl (C=O) groups is 1. The Kier molecular flexibility index (Phi) is 2.86. The van der Waals surface area contributed by atoms with Crippen LogP contribution in [0.5, 0.6) is 0 Å². The smallest absolute Gasteiger partial charge is 0.223 e. The first-order valence-corrected chi connectivity index (χ1v) is 6.77. The van der Waals surface area contributed by atoms with E-state index in [9.17, 15) is 4.79 Å². The highest BCUT2D eigenvalue weighted by atomic mass is 16.2. The van der Waals surface area contributed by atoms with E-state index in [1.165, 1.54) is 5.56 Å². The van der Waals surface area contributed by atoms with Crippen molar-refractivity contribution in [3.63, 3.8) is 0 Å². The fourth-order valence-electron chi connectivity index (χ4n) is 2.59. The molecule has 0 heterocycles. The predicted molar refractivity (Wildman–Crippen MR) is 71.0 cm³/mol. The van der Waals surface area contributed by atoms with Gasteiger partial charge in [-0.25, -0.2) is 0 Å². The molecule has 2 atom stereocenters. The highest BCUT2D eigenvalue weighted by Crippen LogP contribution is 2.48. The third kappa shape index (κ3) is 2.27. The fourth-order valence-corrected chi connectivity index (χ4v) is 2.59. The second-order valence-electron chi connectivity index (χ2n) is 5.78. The summed E-state index contributed by atoms with van der Waals surface area (Å²) in [5.74, 6) is 0.823. The molecule has 2 saturated carbocycles. The molecule has 3 N–H and O–H groups in total. The highest BCUT2D eigenvalue weighted by molar-refractivity contribution is 5.82. The van der Waals surface area contributed by atoms with Gasteiger partial charge in [0.2, 0.25) is 5.91 Å². The van der Waals surface area contributed by atoms with E-state index in [1.807, 2.05) is 18.2 Å². The molecule has 0 saturated heterocycles. The molecule has 0 aliphatic heterocycles. The molecule has 96 valence electrons. The van der Waals surface area contributed by atoms with E-state index in [0.717, 1.165) is 25.8 Å². The molecule has 1 aromatic rings. The van der Waals surface area contributed by atoms with Gasteiger partial charge in [-0.3, -0.25) is 4.79 Å². The molecular formula is C15H20N2O. The molecule has 3 nitrogen and oxygen atoms in total. The van der Waals surface area contributed by atoms with Crippen molar-refractivity contribution in [1.82, 2.24) is 5.32 Å².